The minimum Gasteiger partial charge on any atom is -0.399 e. The van der Waals surface area contributed by atoms with Gasteiger partial charge in [-0.2, -0.15) is 0 Å². The van der Waals surface area contributed by atoms with Gasteiger partial charge in [0.2, 0.25) is 0 Å². The highest BCUT2D eigenvalue weighted by Gasteiger charge is 2.51. The third-order valence-electron chi connectivity index (χ3n) is 7.12. The van der Waals surface area contributed by atoms with Gasteiger partial charge in [0.15, 0.2) is 0 Å². The molecule has 0 N–H and O–H groups in total. The van der Waals surface area contributed by atoms with Gasteiger partial charge in [-0.3, -0.25) is 4.98 Å². The molecule has 34 heavy (non-hydrogen) atoms. The van der Waals surface area contributed by atoms with E-state index in [0.29, 0.717) is 0 Å². The highest BCUT2D eigenvalue weighted by Crippen LogP contribution is 2.36. The van der Waals surface area contributed by atoms with E-state index in [0.717, 1.165) is 22.3 Å². The lowest BCUT2D eigenvalue weighted by atomic mass is 9.78. The van der Waals surface area contributed by atoms with E-state index in [4.69, 9.17) is 14.3 Å². The second-order valence-electron chi connectivity index (χ2n) is 10.0. The van der Waals surface area contributed by atoms with Crippen LogP contribution in [0.25, 0.3) is 33.5 Å². The number of hydrogen-bond donors (Lipinski definition) is 0. The predicted molar refractivity (Wildman–Crippen MR) is 141 cm³/mol. The molecule has 0 atom stereocenters. The molecule has 0 spiro atoms. The molecule has 5 rings (SSSR count). The fourth-order valence-electron chi connectivity index (χ4n) is 4.30. The van der Waals surface area contributed by atoms with Crippen molar-refractivity contribution in [2.45, 2.75) is 45.8 Å². The van der Waals surface area contributed by atoms with Crippen LogP contribution in [0, 0.1) is 6.92 Å². The van der Waals surface area contributed by atoms with Gasteiger partial charge in [-0.1, -0.05) is 72.8 Å². The molecule has 3 nitrogen and oxygen atoms in total. The smallest absolute Gasteiger partial charge is 0.399 e. The molecule has 1 aliphatic rings. The Morgan fingerprint density at radius 1 is 0.647 bits per heavy atom. The Morgan fingerprint density at radius 3 is 1.91 bits per heavy atom. The Hall–Kier alpha value is -3.21. The number of aromatic nitrogens is 1. The molecule has 2 heterocycles. The average molecular weight is 447 g/mol. The number of pyridine rings is 1. The first-order chi connectivity index (χ1) is 16.2. The number of benzene rings is 3. The molecule has 1 saturated heterocycles. The van der Waals surface area contributed by atoms with Crippen LogP contribution in [-0.2, 0) is 9.31 Å². The van der Waals surface area contributed by atoms with Crippen LogP contribution in [0.3, 0.4) is 0 Å². The van der Waals surface area contributed by atoms with E-state index in [1.807, 2.05) is 12.3 Å². The lowest BCUT2D eigenvalue weighted by molar-refractivity contribution is 0.00578. The topological polar surface area (TPSA) is 31.4 Å². The fourth-order valence-corrected chi connectivity index (χ4v) is 4.30. The van der Waals surface area contributed by atoms with E-state index in [1.54, 1.807) is 0 Å². The van der Waals surface area contributed by atoms with Crippen LogP contribution in [0.5, 0.6) is 0 Å². The Bertz CT molecular complexity index is 1300. The van der Waals surface area contributed by atoms with Gasteiger partial charge in [0.25, 0.3) is 0 Å². The summed E-state index contributed by atoms with van der Waals surface area (Å²) in [6.07, 6.45) is 1.98. The van der Waals surface area contributed by atoms with Crippen LogP contribution >= 0.6 is 0 Å². The maximum atomic E-state index is 6.18. The van der Waals surface area contributed by atoms with Crippen LogP contribution in [0.1, 0.15) is 33.3 Å². The first-order valence-corrected chi connectivity index (χ1v) is 11.8. The second-order valence-corrected chi connectivity index (χ2v) is 10.0. The summed E-state index contributed by atoms with van der Waals surface area (Å²) in [5.74, 6) is 0. The standard InChI is InChI=1S/C30H30BNO2/c1-21-18-28(23-14-16-26(17-15-23)31-33-29(2,3)30(4,5)34-31)32-20-27(21)25-13-9-12-24(19-25)22-10-7-6-8-11-22/h6-20H,1-5H3. The second kappa shape index (κ2) is 8.54. The average Bonchev–Trinajstić information content (AvgIpc) is 3.06. The van der Waals surface area contributed by atoms with Gasteiger partial charge in [0, 0.05) is 17.3 Å². The molecule has 1 fully saturated rings. The van der Waals surface area contributed by atoms with Crippen molar-refractivity contribution in [1.82, 2.24) is 4.98 Å². The summed E-state index contributed by atoms with van der Waals surface area (Å²) in [7, 11) is -0.354. The van der Waals surface area contributed by atoms with Crippen molar-refractivity contribution in [3.63, 3.8) is 0 Å². The van der Waals surface area contributed by atoms with Gasteiger partial charge in [0.1, 0.15) is 0 Å². The molecule has 0 bridgehead atoms. The van der Waals surface area contributed by atoms with Crippen molar-refractivity contribution in [2.24, 2.45) is 0 Å². The third kappa shape index (κ3) is 4.20. The fraction of sp³-hybridized carbons (Fsp3) is 0.233. The molecule has 170 valence electrons. The summed E-state index contributed by atoms with van der Waals surface area (Å²) < 4.78 is 12.4. The highest BCUT2D eigenvalue weighted by molar-refractivity contribution is 6.62. The van der Waals surface area contributed by atoms with Crippen molar-refractivity contribution >= 4 is 12.6 Å². The number of aryl methyl sites for hydroxylation is 1. The van der Waals surface area contributed by atoms with Gasteiger partial charge in [-0.05, 0) is 74.5 Å². The van der Waals surface area contributed by atoms with Crippen LogP contribution < -0.4 is 5.46 Å². The molecule has 3 aromatic carbocycles. The lowest BCUT2D eigenvalue weighted by Crippen LogP contribution is -2.41. The summed E-state index contributed by atoms with van der Waals surface area (Å²) in [5, 5.41) is 0. The summed E-state index contributed by atoms with van der Waals surface area (Å²) in [4.78, 5) is 4.80. The maximum Gasteiger partial charge on any atom is 0.494 e. The minimum absolute atomic E-state index is 0.345. The van der Waals surface area contributed by atoms with Gasteiger partial charge < -0.3 is 9.31 Å². The first-order valence-electron chi connectivity index (χ1n) is 11.8. The van der Waals surface area contributed by atoms with Crippen LogP contribution in [0.4, 0.5) is 0 Å². The molecule has 0 saturated carbocycles. The first kappa shape index (κ1) is 22.6. The lowest BCUT2D eigenvalue weighted by Gasteiger charge is -2.32. The van der Waals surface area contributed by atoms with E-state index >= 15 is 0 Å². The van der Waals surface area contributed by atoms with Gasteiger partial charge in [-0.25, -0.2) is 0 Å². The van der Waals surface area contributed by atoms with Crippen LogP contribution in [0.2, 0.25) is 0 Å². The molecule has 4 aromatic rings. The van der Waals surface area contributed by atoms with Crippen LogP contribution in [-0.4, -0.2) is 23.3 Å². The largest absolute Gasteiger partial charge is 0.494 e. The SMILES string of the molecule is Cc1cc(-c2ccc(B3OC(C)(C)C(C)(C)O3)cc2)ncc1-c1cccc(-c2ccccc2)c1. The highest BCUT2D eigenvalue weighted by atomic mass is 16.7. The van der Waals surface area contributed by atoms with E-state index in [9.17, 15) is 0 Å². The van der Waals surface area contributed by atoms with Gasteiger partial charge in [0.05, 0.1) is 16.9 Å². The number of rotatable bonds is 4. The molecular formula is C30H30BNO2. The van der Waals surface area contributed by atoms with Crippen molar-refractivity contribution < 1.29 is 9.31 Å². The summed E-state index contributed by atoms with van der Waals surface area (Å²) >= 11 is 0. The normalized spacial score (nSPS) is 16.6. The van der Waals surface area contributed by atoms with Gasteiger partial charge in [-0.15, -0.1) is 0 Å². The zero-order chi connectivity index (χ0) is 23.9. The number of hydrogen-bond acceptors (Lipinski definition) is 3. The van der Waals surface area contributed by atoms with Crippen molar-refractivity contribution in [2.75, 3.05) is 0 Å². The van der Waals surface area contributed by atoms with Gasteiger partial charge >= 0.3 is 7.12 Å². The summed E-state index contributed by atoms with van der Waals surface area (Å²) in [6, 6.07) is 29.6. The maximum absolute atomic E-state index is 6.18. The Labute approximate surface area is 202 Å². The quantitative estimate of drug-likeness (QED) is 0.327. The predicted octanol–water partition coefficient (Wildman–Crippen LogP) is 6.69. The van der Waals surface area contributed by atoms with Crippen molar-refractivity contribution in [3.8, 4) is 33.5 Å². The monoisotopic (exact) mass is 447 g/mol. The molecule has 1 aromatic heterocycles. The molecule has 0 aliphatic carbocycles. The molecule has 4 heteroatoms. The van der Waals surface area contributed by atoms with E-state index in [2.05, 4.69) is 113 Å². The zero-order valence-electron chi connectivity index (χ0n) is 20.5. The van der Waals surface area contributed by atoms with Crippen molar-refractivity contribution in [3.05, 3.63) is 96.7 Å². The Morgan fingerprint density at radius 2 is 1.26 bits per heavy atom. The zero-order valence-corrected chi connectivity index (χ0v) is 20.5. The molecule has 0 amide bonds. The van der Waals surface area contributed by atoms with E-state index in [-0.39, 0.29) is 18.3 Å². The van der Waals surface area contributed by atoms with E-state index in [1.165, 1.54) is 22.3 Å². The minimum atomic E-state index is -0.354. The Balaban J connectivity index is 1.39. The summed E-state index contributed by atoms with van der Waals surface area (Å²) in [6.45, 7) is 10.4. The number of nitrogens with zero attached hydrogens (tertiary/aromatic N) is 1. The molecule has 0 unspecified atom stereocenters. The Kier molecular flexibility index (Phi) is 5.67. The van der Waals surface area contributed by atoms with Crippen LogP contribution in [0.15, 0.2) is 91.1 Å². The van der Waals surface area contributed by atoms with E-state index < -0.39 is 0 Å². The third-order valence-corrected chi connectivity index (χ3v) is 7.12. The molecule has 0 radical (unpaired) electrons. The summed E-state index contributed by atoms with van der Waals surface area (Å²) in [5.41, 5.74) is 8.32. The molecular weight excluding hydrogens is 417 g/mol. The molecule has 1 aliphatic heterocycles. The van der Waals surface area contributed by atoms with Crippen molar-refractivity contribution in [1.29, 1.82) is 0 Å².